The van der Waals surface area contributed by atoms with E-state index in [0.29, 0.717) is 29.8 Å². The number of hydrogen-bond acceptors (Lipinski definition) is 3. The van der Waals surface area contributed by atoms with Gasteiger partial charge in [-0.3, -0.25) is 0 Å². The van der Waals surface area contributed by atoms with Crippen molar-refractivity contribution in [3.63, 3.8) is 0 Å². The van der Waals surface area contributed by atoms with Crippen LogP contribution in [0.3, 0.4) is 0 Å². The number of imidazole rings is 1. The van der Waals surface area contributed by atoms with Gasteiger partial charge >= 0.3 is 0 Å². The molecule has 0 atom stereocenters. The summed E-state index contributed by atoms with van der Waals surface area (Å²) in [5.74, 6) is 2.82. The number of benzene rings is 1. The lowest BCUT2D eigenvalue weighted by Gasteiger charge is -2.06. The molecule has 6 heteroatoms. The Morgan fingerprint density at radius 2 is 2.20 bits per heavy atom. The second-order valence-corrected chi connectivity index (χ2v) is 5.31. The highest BCUT2D eigenvalue weighted by Crippen LogP contribution is 2.26. The van der Waals surface area contributed by atoms with E-state index in [1.165, 1.54) is 0 Å². The molecule has 3 rings (SSSR count). The molecule has 0 spiro atoms. The molecule has 2 heterocycles. The Kier molecular flexibility index (Phi) is 3.68. The number of rotatable bonds is 4. The molecule has 20 heavy (non-hydrogen) atoms. The van der Waals surface area contributed by atoms with Crippen molar-refractivity contribution < 1.29 is 4.42 Å². The Labute approximate surface area is 126 Å². The van der Waals surface area contributed by atoms with E-state index in [4.69, 9.17) is 27.6 Å². The first kappa shape index (κ1) is 13.5. The molecular weight excluding hydrogens is 297 g/mol. The van der Waals surface area contributed by atoms with Gasteiger partial charge in [0.25, 0.3) is 0 Å². The number of alkyl halides is 1. The quantitative estimate of drug-likeness (QED) is 0.688. The van der Waals surface area contributed by atoms with Crippen LogP contribution in [-0.2, 0) is 13.0 Å². The molecule has 0 saturated carbocycles. The summed E-state index contributed by atoms with van der Waals surface area (Å²) in [6, 6.07) is 5.69. The second kappa shape index (κ2) is 5.46. The molecule has 0 aliphatic rings. The van der Waals surface area contributed by atoms with Crippen molar-refractivity contribution in [2.75, 3.05) is 5.88 Å². The van der Waals surface area contributed by atoms with Crippen LogP contribution in [0.1, 0.15) is 17.5 Å². The predicted molar refractivity (Wildman–Crippen MR) is 79.5 cm³/mol. The second-order valence-electron chi connectivity index (χ2n) is 4.53. The maximum Gasteiger partial charge on any atom is 0.214 e. The molecule has 0 amide bonds. The van der Waals surface area contributed by atoms with Crippen LogP contribution in [0.5, 0.6) is 0 Å². The van der Waals surface area contributed by atoms with Crippen LogP contribution in [0.25, 0.3) is 11.0 Å². The molecule has 0 fully saturated rings. The standard InChI is InChI=1S/C14H13Cl2N3O/c1-9-7-17-13(20-9)8-19-12(5-6-15)18-11-4-2-3-10(16)14(11)19/h2-4,7H,5-6,8H2,1H3. The van der Waals surface area contributed by atoms with Crippen molar-refractivity contribution in [3.8, 4) is 0 Å². The number of fused-ring (bicyclic) bond motifs is 1. The van der Waals surface area contributed by atoms with Gasteiger partial charge in [0.05, 0.1) is 22.3 Å². The first-order chi connectivity index (χ1) is 9.69. The van der Waals surface area contributed by atoms with Crippen molar-refractivity contribution in [2.45, 2.75) is 19.9 Å². The van der Waals surface area contributed by atoms with E-state index in [1.54, 1.807) is 6.20 Å². The Bertz CT molecular complexity index is 748. The first-order valence-electron chi connectivity index (χ1n) is 6.30. The number of halogens is 2. The monoisotopic (exact) mass is 309 g/mol. The van der Waals surface area contributed by atoms with Gasteiger partial charge in [-0.2, -0.15) is 0 Å². The van der Waals surface area contributed by atoms with Gasteiger partial charge in [-0.1, -0.05) is 17.7 Å². The summed E-state index contributed by atoms with van der Waals surface area (Å²) in [4.78, 5) is 8.83. The summed E-state index contributed by atoms with van der Waals surface area (Å²) in [6.45, 7) is 2.37. The highest BCUT2D eigenvalue weighted by Gasteiger charge is 2.15. The van der Waals surface area contributed by atoms with Gasteiger partial charge in [-0.25, -0.2) is 9.97 Å². The molecule has 0 N–H and O–H groups in total. The zero-order valence-corrected chi connectivity index (χ0v) is 12.4. The maximum absolute atomic E-state index is 6.30. The van der Waals surface area contributed by atoms with Gasteiger partial charge in [0.2, 0.25) is 5.89 Å². The molecule has 3 aromatic rings. The Morgan fingerprint density at radius 1 is 1.35 bits per heavy atom. The molecule has 0 saturated heterocycles. The summed E-state index contributed by atoms with van der Waals surface area (Å²) >= 11 is 12.2. The van der Waals surface area contributed by atoms with Gasteiger partial charge in [-0.15, -0.1) is 11.6 Å². The van der Waals surface area contributed by atoms with E-state index in [1.807, 2.05) is 29.7 Å². The first-order valence-corrected chi connectivity index (χ1v) is 7.21. The summed E-state index contributed by atoms with van der Waals surface area (Å²) < 4.78 is 7.56. The van der Waals surface area contributed by atoms with E-state index in [-0.39, 0.29) is 0 Å². The zero-order chi connectivity index (χ0) is 14.1. The smallest absolute Gasteiger partial charge is 0.214 e. The van der Waals surface area contributed by atoms with Gasteiger partial charge in [0, 0.05) is 12.3 Å². The van der Waals surface area contributed by atoms with Crippen LogP contribution in [0.2, 0.25) is 5.02 Å². The van der Waals surface area contributed by atoms with E-state index >= 15 is 0 Å². The van der Waals surface area contributed by atoms with Crippen LogP contribution < -0.4 is 0 Å². The van der Waals surface area contributed by atoms with Gasteiger partial charge < -0.3 is 8.98 Å². The SMILES string of the molecule is Cc1cnc(Cn2c(CCCl)nc3cccc(Cl)c32)o1. The molecule has 1 aromatic carbocycles. The molecular formula is C14H13Cl2N3O. The lowest BCUT2D eigenvalue weighted by molar-refractivity contribution is 0.456. The number of hydrogen-bond donors (Lipinski definition) is 0. The number of para-hydroxylation sites is 1. The average Bonchev–Trinajstić information content (AvgIpc) is 2.96. The minimum atomic E-state index is 0.500. The largest absolute Gasteiger partial charge is 0.444 e. The fourth-order valence-electron chi connectivity index (χ4n) is 2.25. The van der Waals surface area contributed by atoms with Gasteiger partial charge in [-0.05, 0) is 19.1 Å². The highest BCUT2D eigenvalue weighted by atomic mass is 35.5. The molecule has 4 nitrogen and oxygen atoms in total. The molecule has 0 unspecified atom stereocenters. The number of aryl methyl sites for hydroxylation is 2. The molecule has 104 valence electrons. The topological polar surface area (TPSA) is 43.9 Å². The van der Waals surface area contributed by atoms with Crippen LogP contribution in [-0.4, -0.2) is 20.4 Å². The average molecular weight is 310 g/mol. The maximum atomic E-state index is 6.30. The van der Waals surface area contributed by atoms with Crippen LogP contribution in [0.4, 0.5) is 0 Å². The molecule has 0 aliphatic carbocycles. The Morgan fingerprint density at radius 3 is 2.90 bits per heavy atom. The van der Waals surface area contributed by atoms with Crippen molar-refractivity contribution in [3.05, 3.63) is 46.9 Å². The van der Waals surface area contributed by atoms with Gasteiger partial charge in [0.15, 0.2) is 0 Å². The van der Waals surface area contributed by atoms with Crippen LogP contribution >= 0.6 is 23.2 Å². The normalized spacial score (nSPS) is 11.3. The number of aromatic nitrogens is 3. The van der Waals surface area contributed by atoms with Crippen LogP contribution in [0, 0.1) is 6.92 Å². The fourth-order valence-corrected chi connectivity index (χ4v) is 2.69. The van der Waals surface area contributed by atoms with E-state index in [9.17, 15) is 0 Å². The third-order valence-corrected chi connectivity index (χ3v) is 3.57. The van der Waals surface area contributed by atoms with Crippen molar-refractivity contribution in [1.82, 2.24) is 14.5 Å². The summed E-state index contributed by atoms with van der Waals surface area (Å²) in [5.41, 5.74) is 1.76. The highest BCUT2D eigenvalue weighted by molar-refractivity contribution is 6.35. The third kappa shape index (κ3) is 2.41. The lowest BCUT2D eigenvalue weighted by atomic mass is 10.3. The van der Waals surface area contributed by atoms with E-state index in [2.05, 4.69) is 9.97 Å². The van der Waals surface area contributed by atoms with Crippen molar-refractivity contribution in [2.24, 2.45) is 0 Å². The minimum Gasteiger partial charge on any atom is -0.444 e. The van der Waals surface area contributed by atoms with E-state index < -0.39 is 0 Å². The molecule has 0 aliphatic heterocycles. The molecule has 0 radical (unpaired) electrons. The summed E-state index contributed by atoms with van der Waals surface area (Å²) in [7, 11) is 0. The Hall–Kier alpha value is -1.52. The minimum absolute atomic E-state index is 0.500. The summed E-state index contributed by atoms with van der Waals surface area (Å²) in [6.07, 6.45) is 2.38. The van der Waals surface area contributed by atoms with Gasteiger partial charge in [0.1, 0.15) is 18.1 Å². The fraction of sp³-hybridized carbons (Fsp3) is 0.286. The molecule has 2 aromatic heterocycles. The van der Waals surface area contributed by atoms with Crippen LogP contribution in [0.15, 0.2) is 28.8 Å². The predicted octanol–water partition coefficient (Wildman–Crippen LogP) is 3.82. The lowest BCUT2D eigenvalue weighted by Crippen LogP contribution is -2.06. The zero-order valence-electron chi connectivity index (χ0n) is 10.9. The molecule has 0 bridgehead atoms. The van der Waals surface area contributed by atoms with Crippen molar-refractivity contribution in [1.29, 1.82) is 0 Å². The number of oxazole rings is 1. The Balaban J connectivity index is 2.12. The summed E-state index contributed by atoms with van der Waals surface area (Å²) in [5, 5.41) is 0.666. The van der Waals surface area contributed by atoms with Crippen molar-refractivity contribution >= 4 is 34.2 Å². The third-order valence-electron chi connectivity index (χ3n) is 3.08. The number of nitrogens with zero attached hydrogens (tertiary/aromatic N) is 3. The van der Waals surface area contributed by atoms with E-state index in [0.717, 1.165) is 22.6 Å².